The molecule has 30 heavy (non-hydrogen) atoms. The van der Waals surface area contributed by atoms with E-state index in [1.54, 1.807) is 6.92 Å². The topological polar surface area (TPSA) is 47.8 Å². The van der Waals surface area contributed by atoms with Crippen molar-refractivity contribution < 1.29 is 14.3 Å². The molecule has 4 heteroatoms. The van der Waals surface area contributed by atoms with E-state index in [1.807, 2.05) is 89.3 Å². The smallest absolute Gasteiger partial charge is 0.340 e. The molecule has 0 aliphatic carbocycles. The van der Waals surface area contributed by atoms with E-state index in [2.05, 4.69) is 0 Å². The Labute approximate surface area is 173 Å². The molecular weight excluding hydrogens is 374 g/mol. The van der Waals surface area contributed by atoms with Gasteiger partial charge >= 0.3 is 5.97 Å². The summed E-state index contributed by atoms with van der Waals surface area (Å²) in [5, 5.41) is 2.54. The first-order chi connectivity index (χ1) is 14.7. The fourth-order valence-electron chi connectivity index (χ4n) is 4.11. The van der Waals surface area contributed by atoms with Crippen molar-refractivity contribution in [3.63, 3.8) is 0 Å². The molecule has 146 valence electrons. The van der Waals surface area contributed by atoms with Gasteiger partial charge in [-0.05, 0) is 24.4 Å². The van der Waals surface area contributed by atoms with E-state index < -0.39 is 5.97 Å². The first-order valence-electron chi connectivity index (χ1n) is 9.92. The van der Waals surface area contributed by atoms with Gasteiger partial charge in [-0.15, -0.1) is 0 Å². The van der Waals surface area contributed by atoms with Crippen molar-refractivity contribution in [2.24, 2.45) is 0 Å². The molecule has 0 bridgehead atoms. The van der Waals surface area contributed by atoms with Crippen molar-refractivity contribution in [3.8, 4) is 0 Å². The molecule has 0 radical (unpaired) electrons. The predicted molar refractivity (Wildman–Crippen MR) is 118 cm³/mol. The minimum atomic E-state index is -0.393. The van der Waals surface area contributed by atoms with Crippen LogP contribution in [0.25, 0.3) is 27.2 Å². The van der Waals surface area contributed by atoms with E-state index in [9.17, 15) is 9.59 Å². The minimum Gasteiger partial charge on any atom is -0.462 e. The molecule has 0 N–H and O–H groups in total. The molecule has 0 amide bonds. The van der Waals surface area contributed by atoms with Gasteiger partial charge in [0.05, 0.1) is 23.2 Å². The van der Waals surface area contributed by atoms with Crippen LogP contribution in [0.4, 0.5) is 0 Å². The van der Waals surface area contributed by atoms with Gasteiger partial charge in [0, 0.05) is 16.3 Å². The lowest BCUT2D eigenvalue weighted by atomic mass is 10.0. The second kappa shape index (κ2) is 7.16. The molecule has 0 atom stereocenters. The Hall–Kier alpha value is -3.92. The Balaban J connectivity index is 1.99. The molecule has 0 spiro atoms. The molecule has 5 rings (SSSR count). The Morgan fingerprint density at radius 1 is 0.833 bits per heavy atom. The van der Waals surface area contributed by atoms with Crippen LogP contribution in [0.1, 0.15) is 33.3 Å². The Kier molecular flexibility index (Phi) is 4.32. The van der Waals surface area contributed by atoms with Crippen LogP contribution in [0.3, 0.4) is 0 Å². The standard InChI is InChI=1S/C26H19NO3/c1-2-30-26(29)21-16-18-12-6-9-15-22(18)27-23(21)19-13-7-8-14-20(19)24(27)25(28)17-10-4-3-5-11-17/h3-16H,2H2,1H3. The lowest BCUT2D eigenvalue weighted by Gasteiger charge is -2.11. The molecule has 0 unspecified atom stereocenters. The maximum atomic E-state index is 13.6. The number of ketones is 1. The first-order valence-corrected chi connectivity index (χ1v) is 9.92. The number of pyridine rings is 1. The molecular formula is C26H19NO3. The van der Waals surface area contributed by atoms with Gasteiger partial charge in [-0.25, -0.2) is 4.79 Å². The molecule has 0 aliphatic heterocycles. The zero-order valence-corrected chi connectivity index (χ0v) is 16.5. The molecule has 0 fully saturated rings. The molecule has 4 nitrogen and oxygen atoms in total. The lowest BCUT2D eigenvalue weighted by Crippen LogP contribution is -2.10. The average Bonchev–Trinajstić information content (AvgIpc) is 3.14. The van der Waals surface area contributed by atoms with Gasteiger partial charge < -0.3 is 9.14 Å². The summed E-state index contributed by atoms with van der Waals surface area (Å²) < 4.78 is 7.27. The predicted octanol–water partition coefficient (Wildman–Crippen LogP) is 5.65. The van der Waals surface area contributed by atoms with Crippen LogP contribution in [0, 0.1) is 0 Å². The van der Waals surface area contributed by atoms with Crippen LogP contribution in [0.5, 0.6) is 0 Å². The van der Waals surface area contributed by atoms with Crippen molar-refractivity contribution >= 4 is 38.9 Å². The maximum Gasteiger partial charge on any atom is 0.340 e. The Morgan fingerprint density at radius 2 is 1.50 bits per heavy atom. The van der Waals surface area contributed by atoms with E-state index >= 15 is 0 Å². The van der Waals surface area contributed by atoms with Gasteiger partial charge in [0.2, 0.25) is 5.78 Å². The van der Waals surface area contributed by atoms with Gasteiger partial charge in [0.1, 0.15) is 5.69 Å². The number of carbonyl (C=O) groups is 2. The highest BCUT2D eigenvalue weighted by molar-refractivity contribution is 6.22. The summed E-state index contributed by atoms with van der Waals surface area (Å²) in [4.78, 5) is 26.5. The van der Waals surface area contributed by atoms with Crippen LogP contribution >= 0.6 is 0 Å². The maximum absolute atomic E-state index is 13.6. The third-order valence-corrected chi connectivity index (χ3v) is 5.36. The number of carbonyl (C=O) groups excluding carboxylic acids is 2. The van der Waals surface area contributed by atoms with Crippen molar-refractivity contribution in [3.05, 3.63) is 102 Å². The van der Waals surface area contributed by atoms with Gasteiger partial charge in [-0.3, -0.25) is 4.79 Å². The number of aromatic nitrogens is 1. The van der Waals surface area contributed by atoms with Gasteiger partial charge in [0.15, 0.2) is 0 Å². The third-order valence-electron chi connectivity index (χ3n) is 5.36. The molecule has 2 aromatic heterocycles. The quantitative estimate of drug-likeness (QED) is 0.293. The van der Waals surface area contributed by atoms with Crippen LogP contribution in [-0.2, 0) is 4.74 Å². The molecule has 0 saturated carbocycles. The van der Waals surface area contributed by atoms with Crippen LogP contribution in [-0.4, -0.2) is 22.8 Å². The van der Waals surface area contributed by atoms with Crippen molar-refractivity contribution in [2.45, 2.75) is 6.92 Å². The number of fused-ring (bicyclic) bond motifs is 5. The summed E-state index contributed by atoms with van der Waals surface area (Å²) in [5.41, 5.74) is 3.18. The highest BCUT2D eigenvalue weighted by atomic mass is 16.5. The van der Waals surface area contributed by atoms with E-state index in [0.29, 0.717) is 22.3 Å². The summed E-state index contributed by atoms with van der Waals surface area (Å²) in [7, 11) is 0. The Morgan fingerprint density at radius 3 is 2.27 bits per heavy atom. The third kappa shape index (κ3) is 2.69. The number of benzene rings is 3. The SMILES string of the molecule is CCOC(=O)c1cc2ccccc2n2c(C(=O)c3ccccc3)c3ccccc3c12. The highest BCUT2D eigenvalue weighted by Gasteiger charge is 2.25. The summed E-state index contributed by atoms with van der Waals surface area (Å²) in [6, 6.07) is 26.6. The molecule has 5 aromatic rings. The molecule has 3 aromatic carbocycles. The first kappa shape index (κ1) is 18.1. The van der Waals surface area contributed by atoms with Gasteiger partial charge in [0.25, 0.3) is 0 Å². The highest BCUT2D eigenvalue weighted by Crippen LogP contribution is 2.34. The number of para-hydroxylation sites is 1. The number of nitrogens with zero attached hydrogens (tertiary/aromatic N) is 1. The average molecular weight is 393 g/mol. The summed E-state index contributed by atoms with van der Waals surface area (Å²) in [5.74, 6) is -0.479. The summed E-state index contributed by atoms with van der Waals surface area (Å²) in [6.07, 6.45) is 0. The zero-order chi connectivity index (χ0) is 20.7. The summed E-state index contributed by atoms with van der Waals surface area (Å²) >= 11 is 0. The van der Waals surface area contributed by atoms with E-state index in [-0.39, 0.29) is 12.4 Å². The second-order valence-corrected chi connectivity index (χ2v) is 7.11. The van der Waals surface area contributed by atoms with Crippen LogP contribution in [0.2, 0.25) is 0 Å². The van der Waals surface area contributed by atoms with Crippen LogP contribution in [0.15, 0.2) is 84.9 Å². The number of ether oxygens (including phenoxy) is 1. The summed E-state index contributed by atoms with van der Waals surface area (Å²) in [6.45, 7) is 2.07. The van der Waals surface area contributed by atoms with E-state index in [4.69, 9.17) is 4.74 Å². The number of esters is 1. The fraction of sp³-hybridized carbons (Fsp3) is 0.0769. The molecule has 0 aliphatic rings. The van der Waals surface area contributed by atoms with Crippen molar-refractivity contribution in [2.75, 3.05) is 6.61 Å². The van der Waals surface area contributed by atoms with E-state index in [0.717, 1.165) is 21.7 Å². The monoisotopic (exact) mass is 393 g/mol. The molecule has 2 heterocycles. The van der Waals surface area contributed by atoms with E-state index in [1.165, 1.54) is 0 Å². The van der Waals surface area contributed by atoms with Crippen molar-refractivity contribution in [1.82, 2.24) is 4.40 Å². The minimum absolute atomic E-state index is 0.0852. The largest absolute Gasteiger partial charge is 0.462 e. The normalized spacial score (nSPS) is 11.2. The van der Waals surface area contributed by atoms with Crippen LogP contribution < -0.4 is 0 Å². The lowest BCUT2D eigenvalue weighted by molar-refractivity contribution is 0.0528. The van der Waals surface area contributed by atoms with Gasteiger partial charge in [-0.2, -0.15) is 0 Å². The Bertz CT molecular complexity index is 1430. The number of rotatable bonds is 4. The second-order valence-electron chi connectivity index (χ2n) is 7.11. The zero-order valence-electron chi connectivity index (χ0n) is 16.5. The number of hydrogen-bond donors (Lipinski definition) is 0. The number of hydrogen-bond acceptors (Lipinski definition) is 3. The van der Waals surface area contributed by atoms with Crippen molar-refractivity contribution in [1.29, 1.82) is 0 Å². The fourth-order valence-corrected chi connectivity index (χ4v) is 4.11. The molecule has 0 saturated heterocycles. The van der Waals surface area contributed by atoms with Gasteiger partial charge in [-0.1, -0.05) is 72.8 Å².